The summed E-state index contributed by atoms with van der Waals surface area (Å²) in [5.74, 6) is 0. The van der Waals surface area contributed by atoms with Gasteiger partial charge in [0.1, 0.15) is 4.64 Å². The van der Waals surface area contributed by atoms with Crippen LogP contribution < -0.4 is 4.90 Å². The van der Waals surface area contributed by atoms with Gasteiger partial charge in [-0.1, -0.05) is 19.1 Å². The van der Waals surface area contributed by atoms with Crippen LogP contribution in [0.4, 0.5) is 5.69 Å². The van der Waals surface area contributed by atoms with E-state index in [1.54, 1.807) is 0 Å². The topological polar surface area (TPSA) is 19.0 Å². The largest absolute Gasteiger partial charge is 0.375 e. The summed E-state index contributed by atoms with van der Waals surface area (Å²) in [6.45, 7) is 2.13. The highest BCUT2D eigenvalue weighted by Gasteiger charge is 1.98. The molecule has 0 aliphatic heterocycles. The summed E-state index contributed by atoms with van der Waals surface area (Å²) in [6, 6.07) is 2.12. The number of nitrogens with zero attached hydrogens (tertiary/aromatic N) is 1. The van der Waals surface area contributed by atoms with Gasteiger partial charge in [-0.25, -0.2) is 0 Å². The molecule has 0 bridgehead atoms. The molecule has 2 nitrogen and oxygen atoms in total. The van der Waals surface area contributed by atoms with Crippen LogP contribution in [-0.2, 0) is 6.42 Å². The van der Waals surface area contributed by atoms with E-state index >= 15 is 0 Å². The van der Waals surface area contributed by atoms with E-state index in [-0.39, 0.29) is 0 Å². The summed E-state index contributed by atoms with van der Waals surface area (Å²) >= 11 is 5.14. The first-order chi connectivity index (χ1) is 5.65. The highest BCUT2D eigenvalue weighted by Crippen LogP contribution is 2.13. The molecule has 1 aromatic rings. The molecule has 1 rings (SSSR count). The molecule has 0 fully saturated rings. The predicted molar refractivity (Wildman–Crippen MR) is 55.3 cm³/mol. The van der Waals surface area contributed by atoms with E-state index in [9.17, 15) is 0 Å². The Balaban J connectivity index is 3.17. The molecule has 1 aromatic heterocycles. The zero-order valence-corrected chi connectivity index (χ0v) is 8.53. The Morgan fingerprint density at radius 2 is 2.17 bits per heavy atom. The predicted octanol–water partition coefficient (Wildman–Crippen LogP) is 2.37. The highest BCUT2D eigenvalue weighted by molar-refractivity contribution is 7.71. The Labute approximate surface area is 78.2 Å². The third-order valence-corrected chi connectivity index (χ3v) is 2.16. The molecule has 0 saturated heterocycles. The fourth-order valence-electron chi connectivity index (χ4n) is 1.05. The van der Waals surface area contributed by atoms with Gasteiger partial charge in [0.2, 0.25) is 0 Å². The normalized spacial score (nSPS) is 9.92. The molecular weight excluding hydrogens is 168 g/mol. The lowest BCUT2D eigenvalue weighted by Gasteiger charge is -2.13. The fourth-order valence-corrected chi connectivity index (χ4v) is 1.35. The number of hydrogen-bond donors (Lipinski definition) is 1. The maximum atomic E-state index is 5.14. The summed E-state index contributed by atoms with van der Waals surface area (Å²) < 4.78 is 0.803. The van der Waals surface area contributed by atoms with E-state index in [4.69, 9.17) is 12.2 Å². The first-order valence-corrected chi connectivity index (χ1v) is 4.45. The van der Waals surface area contributed by atoms with Crippen LogP contribution in [0.25, 0.3) is 0 Å². The van der Waals surface area contributed by atoms with Gasteiger partial charge < -0.3 is 9.88 Å². The van der Waals surface area contributed by atoms with E-state index in [0.717, 1.165) is 16.7 Å². The van der Waals surface area contributed by atoms with Crippen LogP contribution >= 0.6 is 12.2 Å². The fraction of sp³-hybridized carbons (Fsp3) is 0.444. The van der Waals surface area contributed by atoms with Crippen molar-refractivity contribution in [1.82, 2.24) is 4.98 Å². The molecule has 0 atom stereocenters. The van der Waals surface area contributed by atoms with E-state index < -0.39 is 0 Å². The lowest BCUT2D eigenvalue weighted by molar-refractivity contribution is 1.05. The number of aromatic nitrogens is 1. The lowest BCUT2D eigenvalue weighted by Crippen LogP contribution is -2.10. The van der Waals surface area contributed by atoms with Gasteiger partial charge >= 0.3 is 0 Å². The molecular formula is C9H14N2S. The Morgan fingerprint density at radius 1 is 1.50 bits per heavy atom. The van der Waals surface area contributed by atoms with E-state index in [0.29, 0.717) is 0 Å². The molecule has 0 aliphatic carbocycles. The van der Waals surface area contributed by atoms with Crippen molar-refractivity contribution < 1.29 is 0 Å². The number of hydrogen-bond acceptors (Lipinski definition) is 2. The lowest BCUT2D eigenvalue weighted by atomic mass is 10.2. The van der Waals surface area contributed by atoms with Crippen LogP contribution in [0.2, 0.25) is 0 Å². The standard InChI is InChI=1S/C9H14N2S/c1-4-7-5-8(11(2)3)9(12)10-6-7/h5-6H,4H2,1-3H3,(H,10,12). The smallest absolute Gasteiger partial charge is 0.126 e. The molecule has 0 saturated carbocycles. The van der Waals surface area contributed by atoms with Gasteiger partial charge in [-0.3, -0.25) is 0 Å². The van der Waals surface area contributed by atoms with E-state index in [1.807, 2.05) is 25.2 Å². The summed E-state index contributed by atoms with van der Waals surface area (Å²) in [7, 11) is 4.00. The van der Waals surface area contributed by atoms with Gasteiger partial charge in [0.05, 0.1) is 5.69 Å². The zero-order valence-electron chi connectivity index (χ0n) is 7.72. The van der Waals surface area contributed by atoms with Crippen molar-refractivity contribution in [3.63, 3.8) is 0 Å². The first kappa shape index (κ1) is 9.26. The summed E-state index contributed by atoms with van der Waals surface area (Å²) in [6.07, 6.45) is 3.00. The second-order valence-electron chi connectivity index (χ2n) is 2.97. The quantitative estimate of drug-likeness (QED) is 0.708. The molecule has 1 heterocycles. The Hall–Kier alpha value is -0.830. The van der Waals surface area contributed by atoms with Crippen LogP contribution in [0.3, 0.4) is 0 Å². The second-order valence-corrected chi connectivity index (χ2v) is 3.38. The average Bonchev–Trinajstić information content (AvgIpc) is 2.05. The average molecular weight is 182 g/mol. The second kappa shape index (κ2) is 3.72. The van der Waals surface area contributed by atoms with Crippen LogP contribution in [0.5, 0.6) is 0 Å². The molecule has 0 unspecified atom stereocenters. The van der Waals surface area contributed by atoms with Crippen LogP contribution in [0.1, 0.15) is 12.5 Å². The highest BCUT2D eigenvalue weighted by atomic mass is 32.1. The zero-order chi connectivity index (χ0) is 9.14. The van der Waals surface area contributed by atoms with Crippen molar-refractivity contribution in [2.45, 2.75) is 13.3 Å². The van der Waals surface area contributed by atoms with Gasteiger partial charge in [-0.15, -0.1) is 0 Å². The number of anilines is 1. The van der Waals surface area contributed by atoms with E-state index in [2.05, 4.69) is 18.0 Å². The monoisotopic (exact) mass is 182 g/mol. The van der Waals surface area contributed by atoms with Crippen molar-refractivity contribution in [3.8, 4) is 0 Å². The van der Waals surface area contributed by atoms with Crippen molar-refractivity contribution in [1.29, 1.82) is 0 Å². The molecule has 0 aromatic carbocycles. The molecule has 0 aliphatic rings. The van der Waals surface area contributed by atoms with Crippen molar-refractivity contribution in [2.24, 2.45) is 0 Å². The number of aryl methyl sites for hydroxylation is 1. The van der Waals surface area contributed by atoms with Gasteiger partial charge in [0, 0.05) is 20.3 Å². The molecule has 0 radical (unpaired) electrons. The third-order valence-electron chi connectivity index (χ3n) is 1.83. The minimum atomic E-state index is 0.803. The molecule has 0 spiro atoms. The number of pyridine rings is 1. The molecule has 3 heteroatoms. The minimum Gasteiger partial charge on any atom is -0.375 e. The maximum Gasteiger partial charge on any atom is 0.126 e. The minimum absolute atomic E-state index is 0.803. The Kier molecular flexibility index (Phi) is 2.87. The number of H-pyrrole nitrogens is 1. The molecule has 1 N–H and O–H groups in total. The van der Waals surface area contributed by atoms with Crippen molar-refractivity contribution in [3.05, 3.63) is 22.5 Å². The van der Waals surface area contributed by atoms with Crippen molar-refractivity contribution in [2.75, 3.05) is 19.0 Å². The third kappa shape index (κ3) is 1.85. The van der Waals surface area contributed by atoms with Crippen LogP contribution in [-0.4, -0.2) is 19.1 Å². The Morgan fingerprint density at radius 3 is 2.67 bits per heavy atom. The van der Waals surface area contributed by atoms with Gasteiger partial charge in [0.25, 0.3) is 0 Å². The molecule has 12 heavy (non-hydrogen) atoms. The van der Waals surface area contributed by atoms with Crippen LogP contribution in [0, 0.1) is 4.64 Å². The van der Waals surface area contributed by atoms with E-state index in [1.165, 1.54) is 5.56 Å². The maximum absolute atomic E-state index is 5.14. The van der Waals surface area contributed by atoms with Crippen LogP contribution in [0.15, 0.2) is 12.3 Å². The number of aromatic amines is 1. The summed E-state index contributed by atoms with van der Waals surface area (Å²) in [5.41, 5.74) is 2.37. The summed E-state index contributed by atoms with van der Waals surface area (Å²) in [4.78, 5) is 5.10. The number of nitrogens with one attached hydrogen (secondary N) is 1. The summed E-state index contributed by atoms with van der Waals surface area (Å²) in [5, 5.41) is 0. The Bertz CT molecular complexity index is 315. The number of rotatable bonds is 2. The first-order valence-electron chi connectivity index (χ1n) is 4.04. The van der Waals surface area contributed by atoms with Gasteiger partial charge in [0.15, 0.2) is 0 Å². The van der Waals surface area contributed by atoms with Gasteiger partial charge in [-0.05, 0) is 18.1 Å². The molecule has 0 amide bonds. The van der Waals surface area contributed by atoms with Gasteiger partial charge in [-0.2, -0.15) is 0 Å². The van der Waals surface area contributed by atoms with Crippen molar-refractivity contribution >= 4 is 17.9 Å². The SMILES string of the molecule is CCc1c[nH]c(=S)c(N(C)C)c1. The molecule has 66 valence electrons.